The molecule has 0 aliphatic carbocycles. The van der Waals surface area contributed by atoms with E-state index in [4.69, 9.17) is 9.47 Å². The molecule has 4 aromatic carbocycles. The number of ketones is 1. The van der Waals surface area contributed by atoms with Gasteiger partial charge in [-0.25, -0.2) is 0 Å². The van der Waals surface area contributed by atoms with Crippen LogP contribution in [0.2, 0.25) is 0 Å². The zero-order valence-corrected chi connectivity index (χ0v) is 16.7. The van der Waals surface area contributed by atoms with Crippen LogP contribution in [0.4, 0.5) is 0 Å². The minimum absolute atomic E-state index is 0.0558. The minimum atomic E-state index is -0.0558. The van der Waals surface area contributed by atoms with E-state index in [9.17, 15) is 4.79 Å². The van der Waals surface area contributed by atoms with E-state index < -0.39 is 0 Å². The number of methoxy groups -OCH3 is 1. The van der Waals surface area contributed by atoms with E-state index in [2.05, 4.69) is 24.3 Å². The highest BCUT2D eigenvalue weighted by Gasteiger charge is 2.04. The van der Waals surface area contributed by atoms with Crippen LogP contribution < -0.4 is 9.47 Å². The van der Waals surface area contributed by atoms with Gasteiger partial charge in [-0.3, -0.25) is 4.79 Å². The number of allylic oxidation sites excluding steroid dienone is 1. The van der Waals surface area contributed by atoms with Gasteiger partial charge >= 0.3 is 0 Å². The molecule has 4 aromatic rings. The third-order valence-electron chi connectivity index (χ3n) is 4.93. The Morgan fingerprint density at radius 2 is 1.60 bits per heavy atom. The molecule has 0 aromatic heterocycles. The van der Waals surface area contributed by atoms with Gasteiger partial charge < -0.3 is 9.47 Å². The van der Waals surface area contributed by atoms with Gasteiger partial charge in [-0.05, 0) is 64.4 Å². The maximum absolute atomic E-state index is 12.4. The van der Waals surface area contributed by atoms with Crippen LogP contribution in [0.15, 0.2) is 97.1 Å². The summed E-state index contributed by atoms with van der Waals surface area (Å²) in [5.41, 5.74) is 2.67. The van der Waals surface area contributed by atoms with Crippen LogP contribution in [0.3, 0.4) is 0 Å². The van der Waals surface area contributed by atoms with Crippen molar-refractivity contribution in [3.63, 3.8) is 0 Å². The Balaban J connectivity index is 1.44. The molecule has 0 heterocycles. The third-order valence-corrected chi connectivity index (χ3v) is 4.93. The first-order chi connectivity index (χ1) is 14.7. The van der Waals surface area contributed by atoms with Gasteiger partial charge in [-0.15, -0.1) is 0 Å². The molecule has 0 aliphatic heterocycles. The Morgan fingerprint density at radius 3 is 2.43 bits per heavy atom. The van der Waals surface area contributed by atoms with Crippen molar-refractivity contribution in [1.29, 1.82) is 0 Å². The van der Waals surface area contributed by atoms with Crippen molar-refractivity contribution in [2.24, 2.45) is 0 Å². The maximum atomic E-state index is 12.4. The summed E-state index contributed by atoms with van der Waals surface area (Å²) in [5.74, 6) is 1.44. The summed E-state index contributed by atoms with van der Waals surface area (Å²) in [7, 11) is 1.60. The first-order valence-electron chi connectivity index (χ1n) is 9.79. The van der Waals surface area contributed by atoms with Crippen molar-refractivity contribution in [3.05, 3.63) is 114 Å². The molecule has 0 saturated heterocycles. The summed E-state index contributed by atoms with van der Waals surface area (Å²) < 4.78 is 11.2. The monoisotopic (exact) mass is 394 g/mol. The molecule has 0 fully saturated rings. The number of ether oxygens (including phenoxy) is 2. The molecule has 3 nitrogen and oxygen atoms in total. The van der Waals surface area contributed by atoms with E-state index in [-0.39, 0.29) is 5.78 Å². The number of carbonyl (C=O) groups excluding carboxylic acids is 1. The first kappa shape index (κ1) is 19.5. The molecule has 0 aliphatic rings. The fourth-order valence-electron chi connectivity index (χ4n) is 3.31. The molecule has 0 saturated carbocycles. The topological polar surface area (TPSA) is 35.5 Å². The molecule has 30 heavy (non-hydrogen) atoms. The van der Waals surface area contributed by atoms with Crippen LogP contribution in [0, 0.1) is 0 Å². The zero-order chi connectivity index (χ0) is 20.8. The molecule has 0 spiro atoms. The van der Waals surface area contributed by atoms with Crippen molar-refractivity contribution in [2.45, 2.75) is 6.61 Å². The number of rotatable bonds is 7. The molecule has 0 N–H and O–H groups in total. The summed E-state index contributed by atoms with van der Waals surface area (Å²) in [4.78, 5) is 12.4. The van der Waals surface area contributed by atoms with E-state index in [1.165, 1.54) is 10.8 Å². The van der Waals surface area contributed by atoms with E-state index in [1.807, 2.05) is 42.5 Å². The van der Waals surface area contributed by atoms with Crippen molar-refractivity contribution >= 4 is 22.6 Å². The van der Waals surface area contributed by atoms with Crippen molar-refractivity contribution in [1.82, 2.24) is 0 Å². The van der Waals surface area contributed by atoms with E-state index in [0.717, 1.165) is 22.6 Å². The van der Waals surface area contributed by atoms with Crippen LogP contribution in [0.1, 0.15) is 21.5 Å². The Kier molecular flexibility index (Phi) is 5.90. The molecule has 0 unspecified atom stereocenters. The van der Waals surface area contributed by atoms with Crippen LogP contribution in [-0.4, -0.2) is 12.9 Å². The predicted molar refractivity (Wildman–Crippen MR) is 121 cm³/mol. The SMILES string of the molecule is COc1ccc(C(=O)/C=C/c2cccc(OCc3cccc4ccccc34)c2)cc1. The molecular formula is C27H22O3. The second-order valence-corrected chi connectivity index (χ2v) is 6.93. The Labute approximate surface area is 176 Å². The molecule has 0 amide bonds. The highest BCUT2D eigenvalue weighted by atomic mass is 16.5. The molecule has 3 heteroatoms. The number of hydrogen-bond acceptors (Lipinski definition) is 3. The summed E-state index contributed by atoms with van der Waals surface area (Å²) >= 11 is 0. The molecule has 0 atom stereocenters. The quantitative estimate of drug-likeness (QED) is 0.272. The smallest absolute Gasteiger partial charge is 0.185 e. The second kappa shape index (κ2) is 9.10. The highest BCUT2D eigenvalue weighted by Crippen LogP contribution is 2.22. The lowest BCUT2D eigenvalue weighted by molar-refractivity contribution is 0.104. The Bertz CT molecular complexity index is 1180. The van der Waals surface area contributed by atoms with Gasteiger partial charge in [-0.1, -0.05) is 60.7 Å². The lowest BCUT2D eigenvalue weighted by Gasteiger charge is -2.09. The number of hydrogen-bond donors (Lipinski definition) is 0. The fraction of sp³-hybridized carbons (Fsp3) is 0.0741. The van der Waals surface area contributed by atoms with Gasteiger partial charge in [0.1, 0.15) is 18.1 Å². The van der Waals surface area contributed by atoms with E-state index in [0.29, 0.717) is 12.2 Å². The van der Waals surface area contributed by atoms with Crippen LogP contribution in [0.25, 0.3) is 16.8 Å². The van der Waals surface area contributed by atoms with Gasteiger partial charge in [-0.2, -0.15) is 0 Å². The van der Waals surface area contributed by atoms with E-state index in [1.54, 1.807) is 43.5 Å². The molecular weight excluding hydrogens is 372 g/mol. The number of carbonyl (C=O) groups is 1. The molecule has 0 radical (unpaired) electrons. The number of benzene rings is 4. The first-order valence-corrected chi connectivity index (χ1v) is 9.79. The van der Waals surface area contributed by atoms with Crippen LogP contribution in [-0.2, 0) is 6.61 Å². The Morgan fingerprint density at radius 1 is 0.833 bits per heavy atom. The zero-order valence-electron chi connectivity index (χ0n) is 16.7. The van der Waals surface area contributed by atoms with Crippen LogP contribution in [0.5, 0.6) is 11.5 Å². The average Bonchev–Trinajstić information content (AvgIpc) is 2.81. The molecule has 148 valence electrons. The number of fused-ring (bicyclic) bond motifs is 1. The maximum Gasteiger partial charge on any atom is 0.185 e. The summed E-state index contributed by atoms with van der Waals surface area (Å²) in [5, 5.41) is 2.40. The average molecular weight is 394 g/mol. The third kappa shape index (κ3) is 4.58. The van der Waals surface area contributed by atoms with Gasteiger partial charge in [0.05, 0.1) is 7.11 Å². The van der Waals surface area contributed by atoms with Gasteiger partial charge in [0.2, 0.25) is 0 Å². The fourth-order valence-corrected chi connectivity index (χ4v) is 3.31. The minimum Gasteiger partial charge on any atom is -0.497 e. The van der Waals surface area contributed by atoms with Crippen molar-refractivity contribution in [3.8, 4) is 11.5 Å². The normalized spacial score (nSPS) is 11.0. The highest BCUT2D eigenvalue weighted by molar-refractivity contribution is 6.06. The van der Waals surface area contributed by atoms with Crippen molar-refractivity contribution in [2.75, 3.05) is 7.11 Å². The van der Waals surface area contributed by atoms with Crippen molar-refractivity contribution < 1.29 is 14.3 Å². The lowest BCUT2D eigenvalue weighted by Crippen LogP contribution is -1.97. The van der Waals surface area contributed by atoms with Gasteiger partial charge in [0.25, 0.3) is 0 Å². The van der Waals surface area contributed by atoms with Crippen LogP contribution >= 0.6 is 0 Å². The van der Waals surface area contributed by atoms with E-state index >= 15 is 0 Å². The largest absolute Gasteiger partial charge is 0.497 e. The summed E-state index contributed by atoms with van der Waals surface area (Å²) in [6.45, 7) is 0.485. The second-order valence-electron chi connectivity index (χ2n) is 6.93. The summed E-state index contributed by atoms with van der Waals surface area (Å²) in [6, 6.07) is 29.3. The molecule has 0 bridgehead atoms. The predicted octanol–water partition coefficient (Wildman–Crippen LogP) is 6.32. The Hall–Kier alpha value is -3.85. The summed E-state index contributed by atoms with van der Waals surface area (Å²) in [6.07, 6.45) is 3.38. The van der Waals surface area contributed by atoms with Gasteiger partial charge in [0.15, 0.2) is 5.78 Å². The van der Waals surface area contributed by atoms with Gasteiger partial charge in [0, 0.05) is 5.56 Å². The molecule has 4 rings (SSSR count). The standard InChI is InChI=1S/C27H22O3/c1-29-24-15-13-22(14-16-24)27(28)17-12-20-6-4-10-25(18-20)30-19-23-9-5-8-21-7-2-3-11-26(21)23/h2-18H,19H2,1H3/b17-12+. The lowest BCUT2D eigenvalue weighted by atomic mass is 10.1.